The minimum absolute atomic E-state index is 0.0156. The van der Waals surface area contributed by atoms with E-state index in [2.05, 4.69) is 10.6 Å². The number of fused-ring (bicyclic) bond motifs is 2. The zero-order chi connectivity index (χ0) is 19.3. The van der Waals surface area contributed by atoms with Crippen LogP contribution >= 0.6 is 0 Å². The summed E-state index contributed by atoms with van der Waals surface area (Å²) in [4.78, 5) is 26.6. The average molecular weight is 387 g/mol. The molecule has 152 valence electrons. The van der Waals surface area contributed by atoms with Crippen LogP contribution in [-0.4, -0.2) is 61.7 Å². The lowest BCUT2D eigenvalue weighted by molar-refractivity contribution is -0.137. The van der Waals surface area contributed by atoms with Crippen LogP contribution in [0.3, 0.4) is 0 Å². The average Bonchev–Trinajstić information content (AvgIpc) is 3.05. The monoisotopic (exact) mass is 387 g/mol. The lowest BCUT2D eigenvalue weighted by atomic mass is 9.89. The van der Waals surface area contributed by atoms with Crippen LogP contribution in [0, 0.1) is 5.92 Å². The smallest absolute Gasteiger partial charge is 0.260 e. The lowest BCUT2D eigenvalue weighted by Gasteiger charge is -2.28. The van der Waals surface area contributed by atoms with Crippen molar-refractivity contribution in [3.8, 4) is 5.75 Å². The van der Waals surface area contributed by atoms with Gasteiger partial charge in [-0.3, -0.25) is 9.59 Å². The number of carbonyl (C=O) groups is 2. The van der Waals surface area contributed by atoms with Gasteiger partial charge in [-0.05, 0) is 43.7 Å². The first-order valence-corrected chi connectivity index (χ1v) is 10.3. The number of rotatable bonds is 6. The first-order valence-electron chi connectivity index (χ1n) is 10.3. The molecule has 0 spiro atoms. The minimum Gasteiger partial charge on any atom is -0.482 e. The van der Waals surface area contributed by atoms with Gasteiger partial charge in [-0.25, -0.2) is 0 Å². The molecular weight excluding hydrogens is 358 g/mol. The molecule has 2 bridgehead atoms. The second kappa shape index (κ2) is 8.92. The summed E-state index contributed by atoms with van der Waals surface area (Å²) in [6.07, 6.45) is 5.16. The Morgan fingerprint density at radius 2 is 1.86 bits per heavy atom. The number of para-hydroxylation sites is 2. The molecule has 4 rings (SSSR count). The largest absolute Gasteiger partial charge is 0.482 e. The van der Waals surface area contributed by atoms with Crippen molar-refractivity contribution in [3.63, 3.8) is 0 Å². The van der Waals surface area contributed by atoms with Gasteiger partial charge in [0.05, 0.1) is 18.9 Å². The maximum absolute atomic E-state index is 12.6. The van der Waals surface area contributed by atoms with Gasteiger partial charge in [0, 0.05) is 31.6 Å². The van der Waals surface area contributed by atoms with Crippen molar-refractivity contribution in [2.45, 2.75) is 44.2 Å². The molecule has 7 heteroatoms. The van der Waals surface area contributed by atoms with Gasteiger partial charge in [0.25, 0.3) is 5.91 Å². The number of amides is 2. The summed E-state index contributed by atoms with van der Waals surface area (Å²) in [5.41, 5.74) is 0.624. The molecule has 7 nitrogen and oxygen atoms in total. The second-order valence-corrected chi connectivity index (χ2v) is 8.01. The van der Waals surface area contributed by atoms with E-state index in [0.29, 0.717) is 62.2 Å². The molecule has 3 aliphatic rings. The van der Waals surface area contributed by atoms with E-state index in [1.165, 1.54) is 12.8 Å². The number of hydrogen-bond donors (Lipinski definition) is 2. The summed E-state index contributed by atoms with van der Waals surface area (Å²) < 4.78 is 11.0. The van der Waals surface area contributed by atoms with Gasteiger partial charge in [0.2, 0.25) is 5.91 Å². The number of anilines is 1. The zero-order valence-corrected chi connectivity index (χ0v) is 16.2. The molecule has 2 amide bonds. The second-order valence-electron chi connectivity index (χ2n) is 8.01. The molecule has 0 aliphatic carbocycles. The van der Waals surface area contributed by atoms with E-state index in [-0.39, 0.29) is 18.4 Å². The number of morpholine rings is 1. The molecule has 0 aromatic heterocycles. The highest BCUT2D eigenvalue weighted by atomic mass is 16.5. The molecule has 0 radical (unpaired) electrons. The molecule has 3 fully saturated rings. The van der Waals surface area contributed by atoms with Gasteiger partial charge in [0.1, 0.15) is 5.75 Å². The number of piperidine rings is 1. The number of hydrogen-bond acceptors (Lipinski definition) is 5. The molecule has 3 aliphatic heterocycles. The molecule has 28 heavy (non-hydrogen) atoms. The molecule has 3 heterocycles. The van der Waals surface area contributed by atoms with Crippen LogP contribution in [0.15, 0.2) is 24.3 Å². The Kier molecular flexibility index (Phi) is 6.12. The highest BCUT2D eigenvalue weighted by molar-refractivity contribution is 5.92. The fraction of sp³-hybridized carbons (Fsp3) is 0.619. The molecule has 1 aromatic carbocycles. The van der Waals surface area contributed by atoms with Gasteiger partial charge in [0.15, 0.2) is 6.61 Å². The third-order valence-corrected chi connectivity index (χ3v) is 5.92. The molecule has 2 N–H and O–H groups in total. The number of carbonyl (C=O) groups excluding carboxylic acids is 2. The molecule has 3 saturated heterocycles. The highest BCUT2D eigenvalue weighted by Crippen LogP contribution is 2.33. The van der Waals surface area contributed by atoms with Crippen molar-refractivity contribution in [2.24, 2.45) is 5.92 Å². The van der Waals surface area contributed by atoms with Crippen LogP contribution in [0.5, 0.6) is 5.75 Å². The Labute approximate surface area is 165 Å². The third kappa shape index (κ3) is 4.83. The Morgan fingerprint density at radius 1 is 1.14 bits per heavy atom. The van der Waals surface area contributed by atoms with Crippen LogP contribution in [-0.2, 0) is 14.3 Å². The maximum atomic E-state index is 12.6. The molecule has 2 unspecified atom stereocenters. The van der Waals surface area contributed by atoms with Gasteiger partial charge < -0.3 is 25.0 Å². The van der Waals surface area contributed by atoms with Gasteiger partial charge >= 0.3 is 0 Å². The first-order chi connectivity index (χ1) is 13.7. The van der Waals surface area contributed by atoms with Crippen LogP contribution in [0.25, 0.3) is 0 Å². The predicted octanol–water partition coefficient (Wildman–Crippen LogP) is 1.78. The van der Waals surface area contributed by atoms with Gasteiger partial charge in [-0.2, -0.15) is 0 Å². The van der Waals surface area contributed by atoms with E-state index in [0.717, 1.165) is 12.8 Å². The number of nitrogens with one attached hydrogen (secondary N) is 2. The number of benzene rings is 1. The Balaban J connectivity index is 1.29. The third-order valence-electron chi connectivity index (χ3n) is 5.92. The van der Waals surface area contributed by atoms with E-state index >= 15 is 0 Å². The van der Waals surface area contributed by atoms with Crippen LogP contribution in [0.1, 0.15) is 32.1 Å². The van der Waals surface area contributed by atoms with Crippen molar-refractivity contribution in [2.75, 3.05) is 38.2 Å². The summed E-state index contributed by atoms with van der Waals surface area (Å²) in [6, 6.07) is 8.47. The first kappa shape index (κ1) is 19.2. The Morgan fingerprint density at radius 3 is 2.61 bits per heavy atom. The molecular formula is C21H29N3O4. The summed E-state index contributed by atoms with van der Waals surface area (Å²) in [5, 5.41) is 6.59. The fourth-order valence-corrected chi connectivity index (χ4v) is 4.54. The van der Waals surface area contributed by atoms with Crippen molar-refractivity contribution >= 4 is 17.5 Å². The van der Waals surface area contributed by atoms with E-state index in [9.17, 15) is 9.59 Å². The van der Waals surface area contributed by atoms with E-state index in [1.807, 2.05) is 18.2 Å². The predicted molar refractivity (Wildman–Crippen MR) is 105 cm³/mol. The Hall–Kier alpha value is -2.12. The van der Waals surface area contributed by atoms with Crippen molar-refractivity contribution in [1.82, 2.24) is 10.2 Å². The van der Waals surface area contributed by atoms with E-state index in [1.54, 1.807) is 11.0 Å². The maximum Gasteiger partial charge on any atom is 0.260 e. The van der Waals surface area contributed by atoms with Gasteiger partial charge in [-0.1, -0.05) is 12.1 Å². The van der Waals surface area contributed by atoms with Crippen LogP contribution < -0.4 is 15.4 Å². The topological polar surface area (TPSA) is 79.9 Å². The molecule has 1 aromatic rings. The normalized spacial score (nSPS) is 26.7. The highest BCUT2D eigenvalue weighted by Gasteiger charge is 2.34. The summed E-state index contributed by atoms with van der Waals surface area (Å²) in [6.45, 7) is 2.29. The summed E-state index contributed by atoms with van der Waals surface area (Å²) in [5.74, 6) is 0.925. The zero-order valence-electron chi connectivity index (χ0n) is 16.2. The molecule has 0 saturated carbocycles. The van der Waals surface area contributed by atoms with Gasteiger partial charge in [-0.15, -0.1) is 0 Å². The summed E-state index contributed by atoms with van der Waals surface area (Å²) in [7, 11) is 0. The number of ether oxygens (including phenoxy) is 2. The van der Waals surface area contributed by atoms with Crippen LogP contribution in [0.4, 0.5) is 5.69 Å². The SMILES string of the molecule is O=C(CC1CC2CCC(C1)N2)Nc1ccccc1OCC(=O)N1CCOCC1. The lowest BCUT2D eigenvalue weighted by Crippen LogP contribution is -2.43. The van der Waals surface area contributed by atoms with Crippen molar-refractivity contribution in [1.29, 1.82) is 0 Å². The molecule has 2 atom stereocenters. The van der Waals surface area contributed by atoms with Crippen molar-refractivity contribution in [3.05, 3.63) is 24.3 Å². The quantitative estimate of drug-likeness (QED) is 0.778. The number of nitrogens with zero attached hydrogens (tertiary/aromatic N) is 1. The fourth-order valence-electron chi connectivity index (χ4n) is 4.54. The van der Waals surface area contributed by atoms with Crippen LogP contribution in [0.2, 0.25) is 0 Å². The standard InChI is InChI=1S/C21H29N3O4/c25-20(13-15-11-16-5-6-17(12-15)22-16)23-18-3-1-2-4-19(18)28-14-21(26)24-7-9-27-10-8-24/h1-4,15-17,22H,5-14H2,(H,23,25). The van der Waals surface area contributed by atoms with E-state index in [4.69, 9.17) is 9.47 Å². The minimum atomic E-state index is -0.0605. The van der Waals surface area contributed by atoms with E-state index < -0.39 is 0 Å². The summed E-state index contributed by atoms with van der Waals surface area (Å²) >= 11 is 0. The van der Waals surface area contributed by atoms with Crippen molar-refractivity contribution < 1.29 is 19.1 Å². The Bertz CT molecular complexity index is 693.